The Morgan fingerprint density at radius 2 is 2.00 bits per heavy atom. The van der Waals surface area contributed by atoms with Gasteiger partial charge in [-0.05, 0) is 31.2 Å². The topological polar surface area (TPSA) is 114 Å². The molecule has 0 spiro atoms. The van der Waals surface area contributed by atoms with Gasteiger partial charge in [-0.15, -0.1) is 11.3 Å². The third-order valence-corrected chi connectivity index (χ3v) is 5.42. The lowest BCUT2D eigenvalue weighted by Crippen LogP contribution is -2.31. The summed E-state index contributed by atoms with van der Waals surface area (Å²) in [5.41, 5.74) is 0.668. The molecule has 2 aromatic carbocycles. The zero-order chi connectivity index (χ0) is 23.5. The van der Waals surface area contributed by atoms with Crippen LogP contribution >= 0.6 is 11.3 Å². The quantitative estimate of drug-likeness (QED) is 0.413. The van der Waals surface area contributed by atoms with Crippen molar-refractivity contribution in [1.82, 2.24) is 20.3 Å². The van der Waals surface area contributed by atoms with Crippen LogP contribution < -0.4 is 5.32 Å². The minimum Gasteiger partial charge on any atom is -0.506 e. The molecule has 0 radical (unpaired) electrons. The first-order valence-corrected chi connectivity index (χ1v) is 10.6. The highest BCUT2D eigenvalue weighted by molar-refractivity contribution is 7.13. The van der Waals surface area contributed by atoms with Crippen LogP contribution in [0.4, 0.5) is 8.78 Å². The number of nitrogens with one attached hydrogen (secondary N) is 1. The summed E-state index contributed by atoms with van der Waals surface area (Å²) < 4.78 is 31.9. The van der Waals surface area contributed by atoms with E-state index in [-0.39, 0.29) is 40.0 Å². The second-order valence-electron chi connectivity index (χ2n) is 6.72. The number of phenolic OH excluding ortho intramolecular Hbond substituents is 1. The van der Waals surface area contributed by atoms with Crippen molar-refractivity contribution < 1.29 is 28.2 Å². The Hall–Kier alpha value is -3.99. The largest absolute Gasteiger partial charge is 0.506 e. The van der Waals surface area contributed by atoms with E-state index in [0.29, 0.717) is 5.01 Å². The van der Waals surface area contributed by atoms with Gasteiger partial charge >= 0.3 is 5.97 Å². The second kappa shape index (κ2) is 9.25. The summed E-state index contributed by atoms with van der Waals surface area (Å²) in [6.45, 7) is 1.35. The first-order chi connectivity index (χ1) is 15.9. The highest BCUT2D eigenvalue weighted by Gasteiger charge is 2.24. The number of thiazole rings is 1. The standard InChI is InChI=1S/C22H16F2N4O4S/c1-2-32-17(29)10-27-21(31)18-19-15(8-12(20(18)30)22-25-5-6-33-22)26-9-16(28-19)11-3-4-13(23)14(24)7-11/h3-9,30H,2,10H2,1H3,(H,27,31). The average Bonchev–Trinajstić information content (AvgIpc) is 3.33. The van der Waals surface area contributed by atoms with E-state index in [9.17, 15) is 23.5 Å². The Kier molecular flexibility index (Phi) is 6.22. The molecule has 1 amide bonds. The lowest BCUT2D eigenvalue weighted by Gasteiger charge is -2.13. The average molecular weight is 470 g/mol. The van der Waals surface area contributed by atoms with Crippen molar-refractivity contribution in [1.29, 1.82) is 0 Å². The summed E-state index contributed by atoms with van der Waals surface area (Å²) in [5.74, 6) is -3.93. The third-order valence-electron chi connectivity index (χ3n) is 4.61. The predicted molar refractivity (Wildman–Crippen MR) is 117 cm³/mol. The maximum absolute atomic E-state index is 13.7. The van der Waals surface area contributed by atoms with Gasteiger partial charge < -0.3 is 15.2 Å². The number of hydrogen-bond donors (Lipinski definition) is 2. The summed E-state index contributed by atoms with van der Waals surface area (Å²) in [7, 11) is 0. The molecule has 4 rings (SSSR count). The molecule has 2 heterocycles. The fraction of sp³-hybridized carbons (Fsp3) is 0.136. The minimum absolute atomic E-state index is 0.0106. The maximum Gasteiger partial charge on any atom is 0.325 e. The highest BCUT2D eigenvalue weighted by atomic mass is 32.1. The van der Waals surface area contributed by atoms with Crippen LogP contribution in [0, 0.1) is 11.6 Å². The molecule has 8 nitrogen and oxygen atoms in total. The number of carbonyl (C=O) groups excluding carboxylic acids is 2. The summed E-state index contributed by atoms with van der Waals surface area (Å²) in [5, 5.41) is 15.5. The van der Waals surface area contributed by atoms with Crippen LogP contribution in [0.5, 0.6) is 5.75 Å². The lowest BCUT2D eigenvalue weighted by molar-refractivity contribution is -0.141. The van der Waals surface area contributed by atoms with Gasteiger partial charge in [0.1, 0.15) is 28.4 Å². The van der Waals surface area contributed by atoms with Crippen molar-refractivity contribution >= 4 is 34.2 Å². The molecular formula is C22H16F2N4O4S. The molecule has 11 heteroatoms. The smallest absolute Gasteiger partial charge is 0.325 e. The van der Waals surface area contributed by atoms with Gasteiger partial charge in [-0.3, -0.25) is 14.6 Å². The minimum atomic E-state index is -1.07. The lowest BCUT2D eigenvalue weighted by atomic mass is 10.0. The number of aromatic nitrogens is 3. The molecule has 2 N–H and O–H groups in total. The van der Waals surface area contributed by atoms with Gasteiger partial charge in [0.15, 0.2) is 11.6 Å². The fourth-order valence-corrected chi connectivity index (χ4v) is 3.78. The number of halogens is 2. The Bertz CT molecular complexity index is 1360. The van der Waals surface area contributed by atoms with Crippen molar-refractivity contribution in [3.05, 3.63) is 59.2 Å². The third kappa shape index (κ3) is 4.48. The van der Waals surface area contributed by atoms with E-state index in [0.717, 1.165) is 12.1 Å². The molecule has 168 valence electrons. The maximum atomic E-state index is 13.7. The van der Waals surface area contributed by atoms with Gasteiger partial charge in [0.05, 0.1) is 29.6 Å². The number of hydrogen-bond acceptors (Lipinski definition) is 8. The van der Waals surface area contributed by atoms with Gasteiger partial charge in [0.25, 0.3) is 5.91 Å². The molecule has 0 unspecified atom stereocenters. The van der Waals surface area contributed by atoms with Crippen molar-refractivity contribution in [2.45, 2.75) is 6.92 Å². The van der Waals surface area contributed by atoms with Crippen molar-refractivity contribution in [3.63, 3.8) is 0 Å². The number of fused-ring (bicyclic) bond motifs is 1. The molecule has 0 aliphatic rings. The van der Waals surface area contributed by atoms with Gasteiger partial charge in [-0.2, -0.15) is 0 Å². The van der Waals surface area contributed by atoms with E-state index in [1.807, 2.05) is 0 Å². The van der Waals surface area contributed by atoms with Crippen molar-refractivity contribution in [3.8, 4) is 27.6 Å². The Morgan fingerprint density at radius 3 is 2.70 bits per heavy atom. The molecule has 0 bridgehead atoms. The zero-order valence-electron chi connectivity index (χ0n) is 17.1. The molecule has 0 saturated heterocycles. The highest BCUT2D eigenvalue weighted by Crippen LogP contribution is 2.38. The fourth-order valence-electron chi connectivity index (χ4n) is 3.12. The summed E-state index contributed by atoms with van der Waals surface area (Å²) in [6.07, 6.45) is 2.89. The van der Waals surface area contributed by atoms with Crippen LogP contribution in [0.2, 0.25) is 0 Å². The summed E-state index contributed by atoms with van der Waals surface area (Å²) in [4.78, 5) is 37.5. The van der Waals surface area contributed by atoms with E-state index in [1.54, 1.807) is 18.5 Å². The van der Waals surface area contributed by atoms with Gasteiger partial charge in [-0.1, -0.05) is 0 Å². The van der Waals surface area contributed by atoms with Crippen LogP contribution in [0.15, 0.2) is 42.0 Å². The number of benzene rings is 2. The van der Waals surface area contributed by atoms with Crippen LogP contribution in [-0.2, 0) is 9.53 Å². The second-order valence-corrected chi connectivity index (χ2v) is 7.62. The first kappa shape index (κ1) is 22.2. The number of carbonyl (C=O) groups is 2. The number of aromatic hydroxyl groups is 1. The van der Waals surface area contributed by atoms with Gasteiger partial charge in [0.2, 0.25) is 0 Å². The molecule has 0 aliphatic carbocycles. The number of rotatable bonds is 6. The zero-order valence-corrected chi connectivity index (χ0v) is 17.9. The summed E-state index contributed by atoms with van der Waals surface area (Å²) >= 11 is 1.24. The molecule has 33 heavy (non-hydrogen) atoms. The van der Waals surface area contributed by atoms with E-state index in [4.69, 9.17) is 4.74 Å². The SMILES string of the molecule is CCOC(=O)CNC(=O)c1c(O)c(-c2nccs2)cc2ncc(-c3ccc(F)c(F)c3)nc12. The predicted octanol–water partition coefficient (Wildman–Crippen LogP) is 3.70. The van der Waals surface area contributed by atoms with Crippen molar-refractivity contribution in [2.75, 3.05) is 13.2 Å². The van der Waals surface area contributed by atoms with Gasteiger partial charge in [-0.25, -0.2) is 18.7 Å². The van der Waals surface area contributed by atoms with Crippen LogP contribution in [0.3, 0.4) is 0 Å². The molecule has 4 aromatic rings. The van der Waals surface area contributed by atoms with Crippen LogP contribution in [0.25, 0.3) is 32.9 Å². The normalized spacial score (nSPS) is 10.9. The van der Waals surface area contributed by atoms with E-state index in [1.165, 1.54) is 29.7 Å². The summed E-state index contributed by atoms with van der Waals surface area (Å²) in [6, 6.07) is 4.74. The molecule has 0 aliphatic heterocycles. The molecule has 0 atom stereocenters. The van der Waals surface area contributed by atoms with Crippen LogP contribution in [0.1, 0.15) is 17.3 Å². The molecule has 0 saturated carbocycles. The first-order valence-electron chi connectivity index (χ1n) is 9.70. The Morgan fingerprint density at radius 1 is 1.18 bits per heavy atom. The Balaban J connectivity index is 1.86. The molecule has 2 aromatic heterocycles. The molecule has 0 fully saturated rings. The number of esters is 1. The number of nitrogens with zero attached hydrogens (tertiary/aromatic N) is 3. The van der Waals surface area contributed by atoms with Gasteiger partial charge in [0, 0.05) is 17.1 Å². The van der Waals surface area contributed by atoms with Crippen LogP contribution in [-0.4, -0.2) is 45.1 Å². The Labute approximate surface area is 189 Å². The number of phenols is 1. The molecular weight excluding hydrogens is 454 g/mol. The van der Waals surface area contributed by atoms with E-state index >= 15 is 0 Å². The van der Waals surface area contributed by atoms with Crippen molar-refractivity contribution in [2.24, 2.45) is 0 Å². The monoisotopic (exact) mass is 470 g/mol. The van der Waals surface area contributed by atoms with E-state index in [2.05, 4.69) is 20.3 Å². The number of amides is 1. The van der Waals surface area contributed by atoms with E-state index < -0.39 is 35.8 Å². The number of ether oxygens (including phenoxy) is 1.